The van der Waals surface area contributed by atoms with Gasteiger partial charge in [0.2, 0.25) is 0 Å². The van der Waals surface area contributed by atoms with Crippen LogP contribution < -0.4 is 11.1 Å². The van der Waals surface area contributed by atoms with Crippen LogP contribution in [-0.4, -0.2) is 26.0 Å². The fourth-order valence-corrected chi connectivity index (χ4v) is 5.39. The Kier molecular flexibility index (Phi) is 4.66. The summed E-state index contributed by atoms with van der Waals surface area (Å²) >= 11 is 1.34. The standard InChI is InChI=1S/C17H18N2O4S2/c1-2-25(22,23)13-9-4-3-6-11(13)16(21)19-17-14(15(18)20)10-7-5-8-12(10)24-17/h3-4,6,9H,2,5,7-8H2,1H3,(H2,18,20)(H,19,21). The van der Waals surface area contributed by atoms with Crippen LogP contribution in [0.25, 0.3) is 0 Å². The van der Waals surface area contributed by atoms with Crippen LogP contribution in [0, 0.1) is 0 Å². The summed E-state index contributed by atoms with van der Waals surface area (Å²) < 4.78 is 24.4. The van der Waals surface area contributed by atoms with Crippen molar-refractivity contribution in [3.05, 3.63) is 45.8 Å². The third-order valence-electron chi connectivity index (χ3n) is 4.24. The molecule has 25 heavy (non-hydrogen) atoms. The average molecular weight is 378 g/mol. The SMILES string of the molecule is CCS(=O)(=O)c1ccccc1C(=O)Nc1sc2c(c1C(N)=O)CCC2. The summed E-state index contributed by atoms with van der Waals surface area (Å²) in [6, 6.07) is 6.06. The lowest BCUT2D eigenvalue weighted by Crippen LogP contribution is -2.20. The highest BCUT2D eigenvalue weighted by Crippen LogP contribution is 2.39. The summed E-state index contributed by atoms with van der Waals surface area (Å²) in [6.07, 6.45) is 2.59. The van der Waals surface area contributed by atoms with E-state index in [-0.39, 0.29) is 16.2 Å². The molecule has 3 rings (SSSR count). The number of carbonyl (C=O) groups is 2. The highest BCUT2D eigenvalue weighted by Gasteiger charge is 2.27. The predicted molar refractivity (Wildman–Crippen MR) is 97.0 cm³/mol. The van der Waals surface area contributed by atoms with Crippen molar-refractivity contribution in [2.75, 3.05) is 11.1 Å². The van der Waals surface area contributed by atoms with E-state index in [1.54, 1.807) is 12.1 Å². The molecule has 1 heterocycles. The summed E-state index contributed by atoms with van der Waals surface area (Å²) in [5, 5.41) is 3.08. The number of benzene rings is 1. The first-order valence-electron chi connectivity index (χ1n) is 7.92. The lowest BCUT2D eigenvalue weighted by molar-refractivity contribution is 0.100. The van der Waals surface area contributed by atoms with E-state index in [4.69, 9.17) is 5.73 Å². The van der Waals surface area contributed by atoms with Gasteiger partial charge in [-0.15, -0.1) is 11.3 Å². The van der Waals surface area contributed by atoms with Gasteiger partial charge in [0.15, 0.2) is 9.84 Å². The molecule has 2 amide bonds. The van der Waals surface area contributed by atoms with E-state index in [1.165, 1.54) is 30.4 Å². The van der Waals surface area contributed by atoms with Gasteiger partial charge in [-0.2, -0.15) is 0 Å². The fraction of sp³-hybridized carbons (Fsp3) is 0.294. The Bertz CT molecular complexity index is 961. The number of sulfone groups is 1. The van der Waals surface area contributed by atoms with Crippen LogP contribution in [0.5, 0.6) is 0 Å². The van der Waals surface area contributed by atoms with Crippen LogP contribution in [-0.2, 0) is 22.7 Å². The minimum atomic E-state index is -3.54. The molecule has 0 fully saturated rings. The van der Waals surface area contributed by atoms with E-state index < -0.39 is 21.7 Å². The third kappa shape index (κ3) is 3.19. The van der Waals surface area contributed by atoms with Gasteiger partial charge in [-0.25, -0.2) is 8.42 Å². The summed E-state index contributed by atoms with van der Waals surface area (Å²) in [4.78, 5) is 25.5. The Balaban J connectivity index is 1.99. The lowest BCUT2D eigenvalue weighted by atomic mass is 10.1. The number of aryl methyl sites for hydroxylation is 1. The Morgan fingerprint density at radius 3 is 2.64 bits per heavy atom. The van der Waals surface area contributed by atoms with Gasteiger partial charge < -0.3 is 11.1 Å². The van der Waals surface area contributed by atoms with Crippen molar-refractivity contribution in [2.24, 2.45) is 5.73 Å². The molecule has 0 atom stereocenters. The quantitative estimate of drug-likeness (QED) is 0.833. The van der Waals surface area contributed by atoms with E-state index >= 15 is 0 Å². The summed E-state index contributed by atoms with van der Waals surface area (Å²) in [6.45, 7) is 1.53. The van der Waals surface area contributed by atoms with Gasteiger partial charge in [0, 0.05) is 4.88 Å². The van der Waals surface area contributed by atoms with Crippen molar-refractivity contribution in [1.82, 2.24) is 0 Å². The number of nitrogens with two attached hydrogens (primary N) is 1. The van der Waals surface area contributed by atoms with Crippen molar-refractivity contribution >= 4 is 38.0 Å². The second kappa shape index (κ2) is 6.61. The first kappa shape index (κ1) is 17.6. The smallest absolute Gasteiger partial charge is 0.257 e. The minimum absolute atomic E-state index is 0.0141. The lowest BCUT2D eigenvalue weighted by Gasteiger charge is -2.10. The second-order valence-electron chi connectivity index (χ2n) is 5.78. The van der Waals surface area contributed by atoms with Crippen LogP contribution in [0.4, 0.5) is 5.00 Å². The molecule has 3 N–H and O–H groups in total. The van der Waals surface area contributed by atoms with Gasteiger partial charge >= 0.3 is 0 Å². The Labute approximate surface area is 150 Å². The van der Waals surface area contributed by atoms with E-state index in [2.05, 4.69) is 5.32 Å². The molecule has 0 unspecified atom stereocenters. The molecule has 8 heteroatoms. The Hall–Kier alpha value is -2.19. The molecule has 2 aromatic rings. The number of carbonyl (C=O) groups excluding carboxylic acids is 2. The van der Waals surface area contributed by atoms with Gasteiger partial charge in [0.05, 0.1) is 21.8 Å². The number of hydrogen-bond acceptors (Lipinski definition) is 5. The number of primary amides is 1. The molecule has 0 bridgehead atoms. The minimum Gasteiger partial charge on any atom is -0.365 e. The molecule has 0 spiro atoms. The number of thiophene rings is 1. The maximum absolute atomic E-state index is 12.7. The third-order valence-corrected chi connectivity index (χ3v) is 7.23. The summed E-state index contributed by atoms with van der Waals surface area (Å²) in [5.41, 5.74) is 6.80. The molecule has 0 saturated heterocycles. The maximum Gasteiger partial charge on any atom is 0.257 e. The number of rotatable bonds is 5. The molecule has 1 aliphatic carbocycles. The molecule has 6 nitrogen and oxygen atoms in total. The zero-order valence-corrected chi connectivity index (χ0v) is 15.3. The van der Waals surface area contributed by atoms with Crippen molar-refractivity contribution < 1.29 is 18.0 Å². The van der Waals surface area contributed by atoms with Crippen molar-refractivity contribution in [3.8, 4) is 0 Å². The molecule has 0 aliphatic heterocycles. The summed E-state index contributed by atoms with van der Waals surface area (Å²) in [7, 11) is -3.54. The molecular formula is C17H18N2O4S2. The first-order valence-corrected chi connectivity index (χ1v) is 10.4. The number of fused-ring (bicyclic) bond motifs is 1. The second-order valence-corrected chi connectivity index (χ2v) is 9.13. The monoisotopic (exact) mass is 378 g/mol. The van der Waals surface area contributed by atoms with Crippen LogP contribution in [0.3, 0.4) is 0 Å². The van der Waals surface area contributed by atoms with Crippen LogP contribution in [0.15, 0.2) is 29.2 Å². The van der Waals surface area contributed by atoms with Crippen LogP contribution in [0.1, 0.15) is 44.5 Å². The van der Waals surface area contributed by atoms with E-state index in [9.17, 15) is 18.0 Å². The van der Waals surface area contributed by atoms with E-state index in [0.717, 1.165) is 29.7 Å². The normalized spacial score (nSPS) is 13.5. The highest BCUT2D eigenvalue weighted by atomic mass is 32.2. The zero-order chi connectivity index (χ0) is 18.2. The van der Waals surface area contributed by atoms with Crippen LogP contribution >= 0.6 is 11.3 Å². The predicted octanol–water partition coefficient (Wildman–Crippen LogP) is 2.38. The van der Waals surface area contributed by atoms with Gasteiger partial charge in [0.25, 0.3) is 11.8 Å². The Morgan fingerprint density at radius 2 is 1.96 bits per heavy atom. The molecule has 1 aromatic heterocycles. The fourth-order valence-electron chi connectivity index (χ4n) is 3.00. The van der Waals surface area contributed by atoms with Crippen LogP contribution in [0.2, 0.25) is 0 Å². The Morgan fingerprint density at radius 1 is 1.24 bits per heavy atom. The topological polar surface area (TPSA) is 106 Å². The number of hydrogen-bond donors (Lipinski definition) is 2. The van der Waals surface area contributed by atoms with Crippen molar-refractivity contribution in [2.45, 2.75) is 31.1 Å². The molecule has 1 aliphatic rings. The molecular weight excluding hydrogens is 360 g/mol. The first-order chi connectivity index (χ1) is 11.8. The molecule has 0 radical (unpaired) electrons. The molecule has 0 saturated carbocycles. The summed E-state index contributed by atoms with van der Waals surface area (Å²) in [5.74, 6) is -1.24. The van der Waals surface area contributed by atoms with Crippen molar-refractivity contribution in [3.63, 3.8) is 0 Å². The maximum atomic E-state index is 12.7. The van der Waals surface area contributed by atoms with E-state index in [1.807, 2.05) is 0 Å². The van der Waals surface area contributed by atoms with Gasteiger partial charge in [-0.1, -0.05) is 19.1 Å². The number of nitrogens with one attached hydrogen (secondary N) is 1. The van der Waals surface area contributed by atoms with Gasteiger partial charge in [-0.05, 0) is 37.0 Å². The van der Waals surface area contributed by atoms with Gasteiger partial charge in [0.1, 0.15) is 5.00 Å². The average Bonchev–Trinajstić information content (AvgIpc) is 3.14. The van der Waals surface area contributed by atoms with Crippen molar-refractivity contribution in [1.29, 1.82) is 0 Å². The number of amides is 2. The molecule has 1 aromatic carbocycles. The highest BCUT2D eigenvalue weighted by molar-refractivity contribution is 7.91. The van der Waals surface area contributed by atoms with Gasteiger partial charge in [-0.3, -0.25) is 9.59 Å². The zero-order valence-electron chi connectivity index (χ0n) is 13.7. The van der Waals surface area contributed by atoms with E-state index in [0.29, 0.717) is 10.6 Å². The molecule has 132 valence electrons. The number of anilines is 1. The largest absolute Gasteiger partial charge is 0.365 e.